The Hall–Kier alpha value is -1.73. The topological polar surface area (TPSA) is 71.1 Å². The van der Waals surface area contributed by atoms with E-state index in [1.54, 1.807) is 41.9 Å². The molecule has 0 bridgehead atoms. The predicted molar refractivity (Wildman–Crippen MR) is 93.2 cm³/mol. The minimum absolute atomic E-state index is 0.0304. The Kier molecular flexibility index (Phi) is 4.77. The first kappa shape index (κ1) is 16.1. The van der Waals surface area contributed by atoms with Gasteiger partial charge in [-0.1, -0.05) is 6.07 Å². The highest BCUT2D eigenvalue weighted by atomic mass is 32.2. The third kappa shape index (κ3) is 4.17. The number of carbonyl (C=O) groups is 1. The summed E-state index contributed by atoms with van der Waals surface area (Å²) < 4.78 is 11.5. The Morgan fingerprint density at radius 1 is 1.43 bits per heavy atom. The lowest BCUT2D eigenvalue weighted by molar-refractivity contribution is 0.247. The van der Waals surface area contributed by atoms with E-state index in [2.05, 4.69) is 15.6 Å². The molecule has 1 saturated carbocycles. The van der Waals surface area contributed by atoms with Crippen molar-refractivity contribution in [2.45, 2.75) is 30.7 Å². The average Bonchev–Trinajstić information content (AvgIpc) is 3.26. The van der Waals surface area contributed by atoms with Crippen molar-refractivity contribution < 1.29 is 9.00 Å². The van der Waals surface area contributed by atoms with Gasteiger partial charge in [0, 0.05) is 38.7 Å². The Bertz CT molecular complexity index is 740. The second-order valence-corrected chi connectivity index (χ2v) is 7.99. The van der Waals surface area contributed by atoms with Crippen LogP contribution in [-0.4, -0.2) is 21.5 Å². The van der Waals surface area contributed by atoms with Crippen LogP contribution < -0.4 is 10.6 Å². The third-order valence-corrected chi connectivity index (χ3v) is 5.67. The molecule has 1 aliphatic rings. The molecule has 0 saturated heterocycles. The molecule has 2 aromatic rings. The molecule has 2 amide bonds. The number of aryl methyl sites for hydroxylation is 1. The minimum atomic E-state index is -1.07. The summed E-state index contributed by atoms with van der Waals surface area (Å²) in [6.07, 6.45) is 3.86. The van der Waals surface area contributed by atoms with Crippen molar-refractivity contribution >= 4 is 33.9 Å². The molecule has 0 spiro atoms. The second-order valence-electron chi connectivity index (χ2n) is 5.72. The fraction of sp³-hybridized carbons (Fsp3) is 0.375. The molecule has 0 aliphatic heterocycles. The van der Waals surface area contributed by atoms with Crippen LogP contribution >= 0.6 is 11.3 Å². The summed E-state index contributed by atoms with van der Waals surface area (Å²) >= 11 is 1.59. The highest BCUT2D eigenvalue weighted by molar-refractivity contribution is 7.84. The minimum Gasteiger partial charge on any atom is -0.328 e. The largest absolute Gasteiger partial charge is 0.328 e. The number of hydrogen-bond donors (Lipinski definition) is 2. The normalized spacial score (nSPS) is 16.6. The number of rotatable bonds is 5. The zero-order valence-corrected chi connectivity index (χ0v) is 14.7. The average molecular weight is 349 g/mol. The maximum atomic E-state index is 12.3. The Morgan fingerprint density at radius 2 is 2.22 bits per heavy atom. The van der Waals surface area contributed by atoms with Crippen molar-refractivity contribution in [2.75, 3.05) is 11.6 Å². The van der Waals surface area contributed by atoms with Crippen molar-refractivity contribution in [3.05, 3.63) is 40.3 Å². The quantitative estimate of drug-likeness (QED) is 0.868. The first-order chi connectivity index (χ1) is 11.0. The lowest BCUT2D eigenvalue weighted by atomic mass is 10.2. The van der Waals surface area contributed by atoms with Crippen molar-refractivity contribution in [2.24, 2.45) is 5.92 Å². The van der Waals surface area contributed by atoms with Crippen LogP contribution in [0.25, 0.3) is 0 Å². The van der Waals surface area contributed by atoms with E-state index < -0.39 is 10.8 Å². The predicted octanol–water partition coefficient (Wildman–Crippen LogP) is 3.46. The molecule has 122 valence electrons. The Labute approximate surface area is 142 Å². The van der Waals surface area contributed by atoms with Gasteiger partial charge in [0.1, 0.15) is 5.01 Å². The van der Waals surface area contributed by atoms with Gasteiger partial charge in [0.15, 0.2) is 0 Å². The SMILES string of the molecule is Cc1csc([C@@H](NC(=O)Nc2cccc([S@](C)=O)c2)C2CC2)n1. The van der Waals surface area contributed by atoms with E-state index in [1.807, 2.05) is 12.3 Å². The summed E-state index contributed by atoms with van der Waals surface area (Å²) in [5, 5.41) is 8.81. The summed E-state index contributed by atoms with van der Waals surface area (Å²) in [6, 6.07) is 6.80. The van der Waals surface area contributed by atoms with Gasteiger partial charge in [-0.15, -0.1) is 11.3 Å². The maximum Gasteiger partial charge on any atom is 0.319 e. The van der Waals surface area contributed by atoms with Gasteiger partial charge in [0.05, 0.1) is 6.04 Å². The smallest absolute Gasteiger partial charge is 0.319 e. The number of nitrogens with one attached hydrogen (secondary N) is 2. The van der Waals surface area contributed by atoms with Crippen LogP contribution in [0.2, 0.25) is 0 Å². The third-order valence-electron chi connectivity index (χ3n) is 3.71. The standard InChI is InChI=1S/C16H19N3O2S2/c1-10-9-22-15(17-10)14(11-6-7-11)19-16(20)18-12-4-3-5-13(8-12)23(2)21/h3-5,8-9,11,14H,6-7H2,1-2H3,(H2,18,19,20)/t14-,23-/m0/s1. The molecule has 3 rings (SSSR count). The second kappa shape index (κ2) is 6.80. The van der Waals surface area contributed by atoms with Crippen molar-refractivity contribution in [3.8, 4) is 0 Å². The monoisotopic (exact) mass is 349 g/mol. The number of anilines is 1. The fourth-order valence-electron chi connectivity index (χ4n) is 2.39. The van der Waals surface area contributed by atoms with Gasteiger partial charge in [-0.05, 0) is 43.9 Å². The molecule has 23 heavy (non-hydrogen) atoms. The van der Waals surface area contributed by atoms with E-state index in [1.165, 1.54) is 0 Å². The van der Waals surface area contributed by atoms with E-state index in [0.717, 1.165) is 23.5 Å². The molecule has 1 aromatic carbocycles. The zero-order valence-electron chi connectivity index (χ0n) is 13.0. The van der Waals surface area contributed by atoms with E-state index in [0.29, 0.717) is 16.5 Å². The van der Waals surface area contributed by atoms with Gasteiger partial charge in [0.2, 0.25) is 0 Å². The van der Waals surface area contributed by atoms with Gasteiger partial charge in [-0.2, -0.15) is 0 Å². The first-order valence-electron chi connectivity index (χ1n) is 7.46. The Balaban J connectivity index is 1.68. The summed E-state index contributed by atoms with van der Waals surface area (Å²) in [5.74, 6) is 0.473. The summed E-state index contributed by atoms with van der Waals surface area (Å²) in [5.41, 5.74) is 1.62. The molecule has 0 radical (unpaired) electrons. The summed E-state index contributed by atoms with van der Waals surface area (Å²) in [7, 11) is -1.07. The van der Waals surface area contributed by atoms with Crippen molar-refractivity contribution in [3.63, 3.8) is 0 Å². The molecule has 2 N–H and O–H groups in total. The number of urea groups is 1. The molecule has 1 heterocycles. The van der Waals surface area contributed by atoms with Gasteiger partial charge < -0.3 is 10.6 Å². The molecular formula is C16H19N3O2S2. The highest BCUT2D eigenvalue weighted by Gasteiger charge is 2.35. The van der Waals surface area contributed by atoms with E-state index in [9.17, 15) is 9.00 Å². The van der Waals surface area contributed by atoms with E-state index in [-0.39, 0.29) is 12.1 Å². The molecule has 1 aliphatic carbocycles. The van der Waals surface area contributed by atoms with Crippen LogP contribution in [-0.2, 0) is 10.8 Å². The number of amides is 2. The van der Waals surface area contributed by atoms with Crippen LogP contribution in [0.4, 0.5) is 10.5 Å². The lowest BCUT2D eigenvalue weighted by Crippen LogP contribution is -2.33. The Morgan fingerprint density at radius 3 is 2.83 bits per heavy atom. The molecule has 2 atom stereocenters. The number of nitrogens with zero attached hydrogens (tertiary/aromatic N) is 1. The van der Waals surface area contributed by atoms with Crippen LogP contribution in [0.3, 0.4) is 0 Å². The molecule has 1 aromatic heterocycles. The van der Waals surface area contributed by atoms with Crippen LogP contribution in [0.15, 0.2) is 34.5 Å². The zero-order chi connectivity index (χ0) is 16.4. The number of carbonyl (C=O) groups excluding carboxylic acids is 1. The van der Waals surface area contributed by atoms with E-state index >= 15 is 0 Å². The van der Waals surface area contributed by atoms with Gasteiger partial charge in [0.25, 0.3) is 0 Å². The van der Waals surface area contributed by atoms with Crippen LogP contribution in [0.1, 0.15) is 29.6 Å². The number of benzene rings is 1. The van der Waals surface area contributed by atoms with Gasteiger partial charge in [-0.3, -0.25) is 4.21 Å². The molecular weight excluding hydrogens is 330 g/mol. The summed E-state index contributed by atoms with van der Waals surface area (Å²) in [4.78, 5) is 17.5. The molecule has 0 unspecified atom stereocenters. The van der Waals surface area contributed by atoms with E-state index in [4.69, 9.17) is 0 Å². The van der Waals surface area contributed by atoms with Crippen LogP contribution in [0, 0.1) is 12.8 Å². The number of aromatic nitrogens is 1. The summed E-state index contributed by atoms with van der Waals surface area (Å²) in [6.45, 7) is 1.96. The highest BCUT2D eigenvalue weighted by Crippen LogP contribution is 2.41. The van der Waals surface area contributed by atoms with Crippen molar-refractivity contribution in [1.29, 1.82) is 0 Å². The fourth-order valence-corrected chi connectivity index (χ4v) is 3.89. The maximum absolute atomic E-state index is 12.3. The first-order valence-corrected chi connectivity index (χ1v) is 9.90. The lowest BCUT2D eigenvalue weighted by Gasteiger charge is -2.16. The van der Waals surface area contributed by atoms with Gasteiger partial charge >= 0.3 is 6.03 Å². The van der Waals surface area contributed by atoms with Crippen LogP contribution in [0.5, 0.6) is 0 Å². The molecule has 1 fully saturated rings. The van der Waals surface area contributed by atoms with Crippen molar-refractivity contribution in [1.82, 2.24) is 10.3 Å². The molecule has 5 nitrogen and oxygen atoms in total. The number of hydrogen-bond acceptors (Lipinski definition) is 4. The van der Waals surface area contributed by atoms with Gasteiger partial charge in [-0.25, -0.2) is 9.78 Å². The molecule has 7 heteroatoms. The number of thiazole rings is 1.